The molecule has 0 unspecified atom stereocenters. The van der Waals surface area contributed by atoms with E-state index in [1.807, 2.05) is 82.3 Å². The SMILES string of the molecule is CC(C)(C)N(Cc1ccccc1)C(=O)CSc1nnc(-c2ccco2)n1-c1ccccc1. The van der Waals surface area contributed by atoms with Gasteiger partial charge in [-0.2, -0.15) is 0 Å². The van der Waals surface area contributed by atoms with Crippen molar-refractivity contribution in [1.29, 1.82) is 0 Å². The third-order valence-corrected chi connectivity index (χ3v) is 5.92. The third-order valence-electron chi connectivity index (χ3n) is 5.01. The Labute approximate surface area is 192 Å². The van der Waals surface area contributed by atoms with Crippen molar-refractivity contribution < 1.29 is 9.21 Å². The van der Waals surface area contributed by atoms with Crippen LogP contribution in [-0.4, -0.2) is 36.9 Å². The number of carbonyl (C=O) groups is 1. The fourth-order valence-electron chi connectivity index (χ4n) is 3.41. The minimum Gasteiger partial charge on any atom is -0.461 e. The van der Waals surface area contributed by atoms with Crippen LogP contribution >= 0.6 is 11.8 Å². The van der Waals surface area contributed by atoms with Crippen molar-refractivity contribution in [2.45, 2.75) is 38.0 Å². The standard InChI is InChI=1S/C25H26N4O2S/c1-25(2,3)28(17-19-11-6-4-7-12-19)22(30)18-32-24-27-26-23(21-15-10-16-31-21)29(24)20-13-8-5-9-14-20/h4-16H,17-18H2,1-3H3. The van der Waals surface area contributed by atoms with E-state index in [4.69, 9.17) is 4.42 Å². The molecular formula is C25H26N4O2S. The van der Waals surface area contributed by atoms with Gasteiger partial charge in [0.25, 0.3) is 0 Å². The number of aromatic nitrogens is 3. The molecule has 0 N–H and O–H groups in total. The summed E-state index contributed by atoms with van der Waals surface area (Å²) in [7, 11) is 0. The molecular weight excluding hydrogens is 420 g/mol. The van der Waals surface area contributed by atoms with Crippen molar-refractivity contribution in [1.82, 2.24) is 19.7 Å². The Morgan fingerprint density at radius 1 is 0.969 bits per heavy atom. The fraction of sp³-hybridized carbons (Fsp3) is 0.240. The first-order chi connectivity index (χ1) is 15.4. The average molecular weight is 447 g/mol. The number of para-hydroxylation sites is 1. The molecule has 164 valence electrons. The molecule has 6 nitrogen and oxygen atoms in total. The van der Waals surface area contributed by atoms with Crippen LogP contribution in [0.3, 0.4) is 0 Å². The highest BCUT2D eigenvalue weighted by atomic mass is 32.2. The molecule has 0 radical (unpaired) electrons. The van der Waals surface area contributed by atoms with Crippen LogP contribution in [0, 0.1) is 0 Å². The molecule has 2 aromatic carbocycles. The second-order valence-electron chi connectivity index (χ2n) is 8.38. The zero-order chi connectivity index (χ0) is 22.6. The monoisotopic (exact) mass is 446 g/mol. The maximum atomic E-state index is 13.3. The molecule has 0 aliphatic carbocycles. The highest BCUT2D eigenvalue weighted by Gasteiger charge is 2.27. The number of rotatable bonds is 7. The third kappa shape index (κ3) is 4.94. The predicted molar refractivity (Wildman–Crippen MR) is 127 cm³/mol. The predicted octanol–water partition coefficient (Wildman–Crippen LogP) is 5.45. The van der Waals surface area contributed by atoms with Gasteiger partial charge in [-0.15, -0.1) is 10.2 Å². The van der Waals surface area contributed by atoms with E-state index < -0.39 is 0 Å². The number of amides is 1. The Morgan fingerprint density at radius 3 is 2.28 bits per heavy atom. The summed E-state index contributed by atoms with van der Waals surface area (Å²) in [6.45, 7) is 6.73. The maximum absolute atomic E-state index is 13.3. The Hall–Kier alpha value is -3.32. The summed E-state index contributed by atoms with van der Waals surface area (Å²) in [5.74, 6) is 1.54. The zero-order valence-electron chi connectivity index (χ0n) is 18.4. The van der Waals surface area contributed by atoms with Crippen molar-refractivity contribution in [3.05, 3.63) is 84.6 Å². The molecule has 0 spiro atoms. The quantitative estimate of drug-likeness (QED) is 0.353. The number of carbonyl (C=O) groups excluding carboxylic acids is 1. The van der Waals surface area contributed by atoms with Gasteiger partial charge in [-0.05, 0) is 50.6 Å². The molecule has 0 saturated heterocycles. The lowest BCUT2D eigenvalue weighted by Gasteiger charge is -2.36. The molecule has 7 heteroatoms. The van der Waals surface area contributed by atoms with Gasteiger partial charge in [0.1, 0.15) is 0 Å². The van der Waals surface area contributed by atoms with Crippen LogP contribution in [0.2, 0.25) is 0 Å². The molecule has 0 fully saturated rings. The Balaban J connectivity index is 1.58. The van der Waals surface area contributed by atoms with E-state index in [1.54, 1.807) is 6.26 Å². The van der Waals surface area contributed by atoms with Gasteiger partial charge < -0.3 is 9.32 Å². The second-order valence-corrected chi connectivity index (χ2v) is 9.32. The zero-order valence-corrected chi connectivity index (χ0v) is 19.2. The van der Waals surface area contributed by atoms with Crippen LogP contribution in [0.25, 0.3) is 17.3 Å². The van der Waals surface area contributed by atoms with Crippen LogP contribution < -0.4 is 0 Å². The molecule has 0 aliphatic rings. The van der Waals surface area contributed by atoms with Gasteiger partial charge >= 0.3 is 0 Å². The van der Waals surface area contributed by atoms with Gasteiger partial charge in [-0.25, -0.2) is 0 Å². The first-order valence-electron chi connectivity index (χ1n) is 10.5. The molecule has 2 heterocycles. The number of benzene rings is 2. The van der Waals surface area contributed by atoms with Crippen LogP contribution in [0.5, 0.6) is 0 Å². The van der Waals surface area contributed by atoms with E-state index in [0.29, 0.717) is 23.3 Å². The number of nitrogens with zero attached hydrogens (tertiary/aromatic N) is 4. The summed E-state index contributed by atoms with van der Waals surface area (Å²) in [6.07, 6.45) is 1.61. The molecule has 2 aromatic heterocycles. The Kier molecular flexibility index (Phi) is 6.46. The average Bonchev–Trinajstić information content (AvgIpc) is 3.46. The minimum atomic E-state index is -0.306. The lowest BCUT2D eigenvalue weighted by atomic mass is 10.0. The molecule has 0 saturated carbocycles. The lowest BCUT2D eigenvalue weighted by molar-refractivity contribution is -0.133. The first kappa shape index (κ1) is 21.9. The summed E-state index contributed by atoms with van der Waals surface area (Å²) in [6, 6.07) is 23.6. The summed E-state index contributed by atoms with van der Waals surface area (Å²) in [5.41, 5.74) is 1.71. The highest BCUT2D eigenvalue weighted by Crippen LogP contribution is 2.29. The van der Waals surface area contributed by atoms with E-state index in [9.17, 15) is 4.79 Å². The van der Waals surface area contributed by atoms with Gasteiger partial charge in [0.15, 0.2) is 10.9 Å². The van der Waals surface area contributed by atoms with Crippen LogP contribution in [0.1, 0.15) is 26.3 Å². The lowest BCUT2D eigenvalue weighted by Crippen LogP contribution is -2.45. The number of hydrogen-bond donors (Lipinski definition) is 0. The van der Waals surface area contributed by atoms with Gasteiger partial charge in [-0.1, -0.05) is 60.3 Å². The normalized spacial score (nSPS) is 11.5. The Bertz CT molecular complexity index is 1150. The van der Waals surface area contributed by atoms with Crippen molar-refractivity contribution in [2.75, 3.05) is 5.75 Å². The number of furan rings is 1. The van der Waals surface area contributed by atoms with E-state index in [2.05, 4.69) is 31.0 Å². The van der Waals surface area contributed by atoms with E-state index >= 15 is 0 Å². The van der Waals surface area contributed by atoms with Gasteiger partial charge in [0.05, 0.1) is 12.0 Å². The van der Waals surface area contributed by atoms with E-state index in [1.165, 1.54) is 11.8 Å². The van der Waals surface area contributed by atoms with Crippen LogP contribution in [0.4, 0.5) is 0 Å². The van der Waals surface area contributed by atoms with Crippen molar-refractivity contribution in [3.8, 4) is 17.3 Å². The molecule has 4 rings (SSSR count). The molecule has 1 amide bonds. The molecule has 4 aromatic rings. The van der Waals surface area contributed by atoms with E-state index in [0.717, 1.165) is 11.3 Å². The van der Waals surface area contributed by atoms with Crippen LogP contribution in [0.15, 0.2) is 88.6 Å². The summed E-state index contributed by atoms with van der Waals surface area (Å²) in [4.78, 5) is 15.2. The fourth-order valence-corrected chi connectivity index (χ4v) is 4.24. The van der Waals surface area contributed by atoms with E-state index in [-0.39, 0.29) is 17.2 Å². The minimum absolute atomic E-state index is 0.0495. The smallest absolute Gasteiger partial charge is 0.233 e. The van der Waals surface area contributed by atoms with Gasteiger partial charge in [0.2, 0.25) is 11.7 Å². The first-order valence-corrected chi connectivity index (χ1v) is 11.4. The van der Waals surface area contributed by atoms with Crippen molar-refractivity contribution in [2.24, 2.45) is 0 Å². The molecule has 0 aliphatic heterocycles. The van der Waals surface area contributed by atoms with Crippen LogP contribution in [-0.2, 0) is 11.3 Å². The summed E-state index contributed by atoms with van der Waals surface area (Å²) in [5, 5.41) is 9.36. The number of thioether (sulfide) groups is 1. The van der Waals surface area contributed by atoms with Gasteiger partial charge in [-0.3, -0.25) is 9.36 Å². The molecule has 32 heavy (non-hydrogen) atoms. The molecule has 0 bridgehead atoms. The molecule has 0 atom stereocenters. The maximum Gasteiger partial charge on any atom is 0.233 e. The topological polar surface area (TPSA) is 64.2 Å². The largest absolute Gasteiger partial charge is 0.461 e. The highest BCUT2D eigenvalue weighted by molar-refractivity contribution is 7.99. The number of hydrogen-bond acceptors (Lipinski definition) is 5. The summed E-state index contributed by atoms with van der Waals surface area (Å²) < 4.78 is 7.49. The van der Waals surface area contributed by atoms with Gasteiger partial charge in [0, 0.05) is 17.8 Å². The summed E-state index contributed by atoms with van der Waals surface area (Å²) >= 11 is 1.38. The Morgan fingerprint density at radius 2 is 1.66 bits per heavy atom. The van der Waals surface area contributed by atoms with Crippen molar-refractivity contribution >= 4 is 17.7 Å². The second kappa shape index (κ2) is 9.44. The van der Waals surface area contributed by atoms with Crippen molar-refractivity contribution in [3.63, 3.8) is 0 Å².